The second-order valence-electron chi connectivity index (χ2n) is 4.63. The number of hydrogen-bond acceptors (Lipinski definition) is 3. The van der Waals surface area contributed by atoms with Gasteiger partial charge < -0.3 is 10.5 Å². The van der Waals surface area contributed by atoms with Crippen molar-refractivity contribution in [2.75, 3.05) is 12.8 Å². The van der Waals surface area contributed by atoms with Gasteiger partial charge in [0.25, 0.3) is 5.56 Å². The number of nitrogens with two attached hydrogens (primary N) is 1. The second-order valence-corrected chi connectivity index (χ2v) is 5.04. The second kappa shape index (κ2) is 6.32. The smallest absolute Gasteiger partial charge is 0.294 e. The van der Waals surface area contributed by atoms with E-state index in [0.717, 1.165) is 6.42 Å². The van der Waals surface area contributed by atoms with Gasteiger partial charge in [-0.2, -0.15) is 0 Å². The number of hydrogen-bond donors (Lipinski definition) is 1. The molecule has 7 heteroatoms. The van der Waals surface area contributed by atoms with Crippen molar-refractivity contribution in [2.24, 2.45) is 0 Å². The zero-order chi connectivity index (χ0) is 15.6. The molecule has 1 aromatic carbocycles. The lowest BCUT2D eigenvalue weighted by Crippen LogP contribution is -2.22. The van der Waals surface area contributed by atoms with E-state index in [1.165, 1.54) is 23.9 Å². The first-order valence-corrected chi connectivity index (χ1v) is 6.93. The third kappa shape index (κ3) is 2.82. The van der Waals surface area contributed by atoms with Crippen LogP contribution < -0.4 is 11.3 Å². The molecule has 0 aliphatic rings. The van der Waals surface area contributed by atoms with Crippen LogP contribution in [0.4, 0.5) is 10.1 Å². The summed E-state index contributed by atoms with van der Waals surface area (Å²) in [5, 5.41) is 0.00508. The van der Waals surface area contributed by atoms with Gasteiger partial charge in [0.1, 0.15) is 11.5 Å². The number of anilines is 1. The zero-order valence-electron chi connectivity index (χ0n) is 11.9. The Labute approximate surface area is 126 Å². The van der Waals surface area contributed by atoms with Gasteiger partial charge in [-0.3, -0.25) is 9.48 Å². The van der Waals surface area contributed by atoms with Crippen LogP contribution in [0, 0.1) is 5.82 Å². The minimum absolute atomic E-state index is 0.00508. The molecule has 0 saturated heterocycles. The number of halogens is 2. The van der Waals surface area contributed by atoms with E-state index in [9.17, 15) is 9.18 Å². The SMILES string of the molecule is CCCn1c(COC)c(N)c(=O)n1-c1ccc(Cl)c(F)c1. The van der Waals surface area contributed by atoms with Gasteiger partial charge in [-0.05, 0) is 18.6 Å². The first kappa shape index (κ1) is 15.6. The number of benzene rings is 1. The van der Waals surface area contributed by atoms with Crippen LogP contribution in [0.25, 0.3) is 5.69 Å². The molecule has 2 aromatic rings. The van der Waals surface area contributed by atoms with Crippen molar-refractivity contribution in [2.45, 2.75) is 26.5 Å². The van der Waals surface area contributed by atoms with Gasteiger partial charge in [-0.1, -0.05) is 18.5 Å². The predicted molar refractivity (Wildman–Crippen MR) is 80.4 cm³/mol. The molecular formula is C14H17ClFN3O2. The van der Waals surface area contributed by atoms with Crippen LogP contribution in [-0.4, -0.2) is 16.5 Å². The molecule has 0 amide bonds. The Kier molecular flexibility index (Phi) is 4.69. The first-order valence-electron chi connectivity index (χ1n) is 6.55. The molecule has 0 saturated carbocycles. The number of aromatic nitrogens is 2. The summed E-state index contributed by atoms with van der Waals surface area (Å²) in [4.78, 5) is 12.4. The van der Waals surface area contributed by atoms with Crippen LogP contribution in [0.1, 0.15) is 19.0 Å². The Hall–Kier alpha value is -1.79. The largest absolute Gasteiger partial charge is 0.393 e. The van der Waals surface area contributed by atoms with E-state index >= 15 is 0 Å². The fourth-order valence-corrected chi connectivity index (χ4v) is 2.33. The lowest BCUT2D eigenvalue weighted by atomic mass is 10.3. The summed E-state index contributed by atoms with van der Waals surface area (Å²) in [5.41, 5.74) is 6.55. The molecule has 2 rings (SSSR count). The third-order valence-electron chi connectivity index (χ3n) is 3.15. The molecule has 5 nitrogen and oxygen atoms in total. The lowest BCUT2D eigenvalue weighted by molar-refractivity contribution is 0.176. The molecule has 1 aromatic heterocycles. The standard InChI is InChI=1S/C14H17ClFN3O2/c1-3-6-18-12(8-21-2)13(17)14(20)19(18)9-4-5-10(15)11(16)7-9/h4-5,7H,3,6,8,17H2,1-2H3. The molecule has 0 atom stereocenters. The minimum Gasteiger partial charge on any atom is -0.393 e. The van der Waals surface area contributed by atoms with Gasteiger partial charge in [0.05, 0.1) is 23.0 Å². The topological polar surface area (TPSA) is 62.2 Å². The molecule has 0 fully saturated rings. The maximum absolute atomic E-state index is 13.7. The van der Waals surface area contributed by atoms with Crippen LogP contribution >= 0.6 is 11.6 Å². The molecule has 0 spiro atoms. The first-order chi connectivity index (χ1) is 10.0. The Morgan fingerprint density at radius 2 is 2.14 bits per heavy atom. The number of nitrogen functional groups attached to an aromatic ring is 1. The normalized spacial score (nSPS) is 11.0. The summed E-state index contributed by atoms with van der Waals surface area (Å²) in [7, 11) is 1.53. The molecule has 0 bridgehead atoms. The average molecular weight is 314 g/mol. The molecule has 114 valence electrons. The molecule has 0 unspecified atom stereocenters. The quantitative estimate of drug-likeness (QED) is 0.923. The summed E-state index contributed by atoms with van der Waals surface area (Å²) in [6, 6.07) is 4.20. The Morgan fingerprint density at radius 3 is 2.71 bits per heavy atom. The Bertz CT molecular complexity index is 709. The highest BCUT2D eigenvalue weighted by Crippen LogP contribution is 2.20. The van der Waals surface area contributed by atoms with Crippen LogP contribution in [-0.2, 0) is 17.9 Å². The van der Waals surface area contributed by atoms with Crippen molar-refractivity contribution >= 4 is 17.3 Å². The molecule has 0 aliphatic carbocycles. The van der Waals surface area contributed by atoms with E-state index in [-0.39, 0.29) is 17.3 Å². The maximum Gasteiger partial charge on any atom is 0.294 e. The number of nitrogens with zero attached hydrogens (tertiary/aromatic N) is 2. The van der Waals surface area contributed by atoms with E-state index in [0.29, 0.717) is 17.9 Å². The zero-order valence-corrected chi connectivity index (χ0v) is 12.7. The highest BCUT2D eigenvalue weighted by atomic mass is 35.5. The van der Waals surface area contributed by atoms with Gasteiger partial charge >= 0.3 is 0 Å². The van der Waals surface area contributed by atoms with Crippen LogP contribution in [0.15, 0.2) is 23.0 Å². The lowest BCUT2D eigenvalue weighted by Gasteiger charge is -2.14. The molecule has 2 N–H and O–H groups in total. The van der Waals surface area contributed by atoms with Gasteiger partial charge in [-0.25, -0.2) is 9.07 Å². The van der Waals surface area contributed by atoms with Crippen molar-refractivity contribution in [3.05, 3.63) is 45.1 Å². The summed E-state index contributed by atoms with van der Waals surface area (Å²) < 4.78 is 21.8. The number of methoxy groups -OCH3 is 1. The van der Waals surface area contributed by atoms with Crippen LogP contribution in [0.2, 0.25) is 5.02 Å². The van der Waals surface area contributed by atoms with E-state index in [2.05, 4.69) is 0 Å². The fourth-order valence-electron chi connectivity index (χ4n) is 2.22. The Balaban J connectivity index is 2.69. The Morgan fingerprint density at radius 1 is 1.43 bits per heavy atom. The summed E-state index contributed by atoms with van der Waals surface area (Å²) in [6.07, 6.45) is 0.792. The van der Waals surface area contributed by atoms with Crippen molar-refractivity contribution in [1.82, 2.24) is 9.36 Å². The minimum atomic E-state index is -0.586. The highest BCUT2D eigenvalue weighted by molar-refractivity contribution is 6.30. The van der Waals surface area contributed by atoms with Crippen LogP contribution in [0.5, 0.6) is 0 Å². The van der Waals surface area contributed by atoms with Gasteiger partial charge in [0.2, 0.25) is 0 Å². The molecule has 0 radical (unpaired) electrons. The van der Waals surface area contributed by atoms with Crippen molar-refractivity contribution in [1.29, 1.82) is 0 Å². The van der Waals surface area contributed by atoms with E-state index < -0.39 is 11.4 Å². The molecule has 21 heavy (non-hydrogen) atoms. The van der Waals surface area contributed by atoms with Gasteiger partial charge in [0.15, 0.2) is 0 Å². The van der Waals surface area contributed by atoms with E-state index in [1.54, 1.807) is 10.7 Å². The predicted octanol–water partition coefficient (Wildman–Crippen LogP) is 2.57. The average Bonchev–Trinajstić information content (AvgIpc) is 2.68. The van der Waals surface area contributed by atoms with Gasteiger partial charge in [-0.15, -0.1) is 0 Å². The van der Waals surface area contributed by atoms with E-state index in [4.69, 9.17) is 22.1 Å². The fraction of sp³-hybridized carbons (Fsp3) is 0.357. The summed E-state index contributed by atoms with van der Waals surface area (Å²) >= 11 is 5.68. The maximum atomic E-state index is 13.7. The van der Waals surface area contributed by atoms with Crippen molar-refractivity contribution < 1.29 is 9.13 Å². The third-order valence-corrected chi connectivity index (χ3v) is 3.46. The number of rotatable bonds is 5. The summed E-state index contributed by atoms with van der Waals surface area (Å²) in [5.74, 6) is -0.586. The highest BCUT2D eigenvalue weighted by Gasteiger charge is 2.19. The van der Waals surface area contributed by atoms with Crippen molar-refractivity contribution in [3.8, 4) is 5.69 Å². The molecule has 1 heterocycles. The van der Waals surface area contributed by atoms with Crippen LogP contribution in [0.3, 0.4) is 0 Å². The van der Waals surface area contributed by atoms with Gasteiger partial charge in [0, 0.05) is 19.7 Å². The summed E-state index contributed by atoms with van der Waals surface area (Å²) in [6.45, 7) is 2.75. The number of ether oxygens (including phenoxy) is 1. The molecular weight excluding hydrogens is 297 g/mol. The monoisotopic (exact) mass is 313 g/mol. The molecule has 0 aliphatic heterocycles. The van der Waals surface area contributed by atoms with E-state index in [1.807, 2.05) is 6.92 Å². The van der Waals surface area contributed by atoms with Crippen molar-refractivity contribution in [3.63, 3.8) is 0 Å².